The van der Waals surface area contributed by atoms with E-state index < -0.39 is 0 Å². The highest BCUT2D eigenvalue weighted by atomic mass is 16.1. The predicted octanol–water partition coefficient (Wildman–Crippen LogP) is 3.74. The van der Waals surface area contributed by atoms with E-state index in [-0.39, 0.29) is 5.41 Å². The van der Waals surface area contributed by atoms with Crippen molar-refractivity contribution in [2.45, 2.75) is 52.4 Å². The highest BCUT2D eigenvalue weighted by molar-refractivity contribution is 5.82. The molecule has 1 fully saturated rings. The Morgan fingerprint density at radius 1 is 1.57 bits per heavy atom. The first-order valence-corrected chi connectivity index (χ1v) is 5.71. The van der Waals surface area contributed by atoms with Crippen LogP contribution in [0.3, 0.4) is 0 Å². The molecule has 0 N–H and O–H groups in total. The molecule has 0 bridgehead atoms. The number of Topliss-reactive ketones (excluding diaryl/α,β-unsaturated/α-hetero) is 1. The second kappa shape index (κ2) is 4.77. The molecule has 1 aliphatic carbocycles. The minimum absolute atomic E-state index is 0.255. The molecule has 0 saturated heterocycles. The quantitative estimate of drug-likeness (QED) is 0.481. The van der Waals surface area contributed by atoms with E-state index in [2.05, 4.69) is 20.4 Å². The molecule has 1 rings (SSSR count). The highest BCUT2D eigenvalue weighted by Crippen LogP contribution is 2.43. The second-order valence-corrected chi connectivity index (χ2v) is 5.08. The average Bonchev–Trinajstić information content (AvgIpc) is 2.45. The van der Waals surface area contributed by atoms with Crippen LogP contribution in [0.2, 0.25) is 0 Å². The summed E-state index contributed by atoms with van der Waals surface area (Å²) in [5, 5.41) is 0. The van der Waals surface area contributed by atoms with Crippen LogP contribution in [0.4, 0.5) is 0 Å². The lowest BCUT2D eigenvalue weighted by atomic mass is 9.78. The van der Waals surface area contributed by atoms with Crippen molar-refractivity contribution in [1.82, 2.24) is 0 Å². The van der Waals surface area contributed by atoms with Gasteiger partial charge in [-0.2, -0.15) is 0 Å². The summed E-state index contributed by atoms with van der Waals surface area (Å²) in [6.45, 7) is 8.14. The molecule has 1 saturated carbocycles. The van der Waals surface area contributed by atoms with Crippen LogP contribution in [0.5, 0.6) is 0 Å². The Labute approximate surface area is 87.6 Å². The van der Waals surface area contributed by atoms with Crippen molar-refractivity contribution in [2.24, 2.45) is 11.3 Å². The molecule has 0 aromatic rings. The van der Waals surface area contributed by atoms with Gasteiger partial charge in [-0.1, -0.05) is 26.3 Å². The first kappa shape index (κ1) is 11.5. The van der Waals surface area contributed by atoms with E-state index in [9.17, 15) is 4.79 Å². The number of carbonyl (C=O) groups excluding carboxylic acids is 1. The van der Waals surface area contributed by atoms with Crippen molar-refractivity contribution in [1.29, 1.82) is 0 Å². The fourth-order valence-corrected chi connectivity index (χ4v) is 2.52. The van der Waals surface area contributed by atoms with E-state index in [1.165, 1.54) is 12.8 Å². The molecule has 0 spiro atoms. The van der Waals surface area contributed by atoms with E-state index in [4.69, 9.17) is 0 Å². The maximum atomic E-state index is 11.9. The molecule has 1 aliphatic rings. The van der Waals surface area contributed by atoms with Crippen LogP contribution in [0.15, 0.2) is 12.7 Å². The molecule has 0 aromatic carbocycles. The molecule has 0 aliphatic heterocycles. The Morgan fingerprint density at radius 2 is 2.29 bits per heavy atom. The molecule has 0 aromatic heterocycles. The van der Waals surface area contributed by atoms with Crippen LogP contribution in [0.25, 0.3) is 0 Å². The lowest BCUT2D eigenvalue weighted by Gasteiger charge is -2.25. The van der Waals surface area contributed by atoms with E-state index in [1.54, 1.807) is 0 Å². The van der Waals surface area contributed by atoms with Gasteiger partial charge in [-0.3, -0.25) is 4.79 Å². The minimum atomic E-state index is 0.255. The van der Waals surface area contributed by atoms with Crippen LogP contribution in [-0.2, 0) is 4.79 Å². The van der Waals surface area contributed by atoms with Crippen molar-refractivity contribution >= 4 is 5.78 Å². The van der Waals surface area contributed by atoms with Gasteiger partial charge in [0.25, 0.3) is 0 Å². The number of unbranched alkanes of at least 4 members (excludes halogenated alkanes) is 1. The summed E-state index contributed by atoms with van der Waals surface area (Å²) in [4.78, 5) is 11.9. The smallest absolute Gasteiger partial charge is 0.136 e. The number of allylic oxidation sites excluding steroid dienone is 1. The Kier molecular flexibility index (Phi) is 3.91. The molecule has 14 heavy (non-hydrogen) atoms. The third kappa shape index (κ3) is 2.70. The predicted molar refractivity (Wildman–Crippen MR) is 60.2 cm³/mol. The van der Waals surface area contributed by atoms with Gasteiger partial charge in [-0.15, -0.1) is 6.58 Å². The van der Waals surface area contributed by atoms with Crippen LogP contribution >= 0.6 is 0 Å². The average molecular weight is 194 g/mol. The summed E-state index contributed by atoms with van der Waals surface area (Å²) in [7, 11) is 0. The van der Waals surface area contributed by atoms with Crippen molar-refractivity contribution in [3.63, 3.8) is 0 Å². The van der Waals surface area contributed by atoms with E-state index in [0.29, 0.717) is 11.7 Å². The normalized spacial score (nSPS) is 24.9. The van der Waals surface area contributed by atoms with E-state index in [1.807, 2.05) is 6.08 Å². The topological polar surface area (TPSA) is 17.1 Å². The maximum absolute atomic E-state index is 11.9. The SMILES string of the molecule is C=CCCCC(=O)C1CCCC1(C)C. The lowest BCUT2D eigenvalue weighted by Crippen LogP contribution is -2.25. The Bertz CT molecular complexity index is 215. The van der Waals surface area contributed by atoms with Crippen molar-refractivity contribution in [3.8, 4) is 0 Å². The van der Waals surface area contributed by atoms with E-state index in [0.717, 1.165) is 25.7 Å². The molecule has 1 atom stereocenters. The third-order valence-electron chi connectivity index (χ3n) is 3.48. The summed E-state index contributed by atoms with van der Waals surface area (Å²) in [6, 6.07) is 0. The Morgan fingerprint density at radius 3 is 2.79 bits per heavy atom. The van der Waals surface area contributed by atoms with Gasteiger partial charge < -0.3 is 0 Å². The van der Waals surface area contributed by atoms with Crippen LogP contribution in [0, 0.1) is 11.3 Å². The zero-order valence-electron chi connectivity index (χ0n) is 9.51. The van der Waals surface area contributed by atoms with Crippen molar-refractivity contribution < 1.29 is 4.79 Å². The minimum Gasteiger partial charge on any atom is -0.299 e. The number of carbonyl (C=O) groups is 1. The van der Waals surface area contributed by atoms with Gasteiger partial charge in [-0.05, 0) is 31.1 Å². The number of rotatable bonds is 5. The summed E-state index contributed by atoms with van der Waals surface area (Å²) < 4.78 is 0. The fraction of sp³-hybridized carbons (Fsp3) is 0.769. The largest absolute Gasteiger partial charge is 0.299 e. The zero-order chi connectivity index (χ0) is 10.6. The number of hydrogen-bond donors (Lipinski definition) is 0. The van der Waals surface area contributed by atoms with Gasteiger partial charge in [0.1, 0.15) is 5.78 Å². The van der Waals surface area contributed by atoms with Gasteiger partial charge in [0, 0.05) is 12.3 Å². The molecule has 1 unspecified atom stereocenters. The Hall–Kier alpha value is -0.590. The van der Waals surface area contributed by atoms with Gasteiger partial charge >= 0.3 is 0 Å². The van der Waals surface area contributed by atoms with Gasteiger partial charge in [0.15, 0.2) is 0 Å². The van der Waals surface area contributed by atoms with Crippen molar-refractivity contribution in [3.05, 3.63) is 12.7 Å². The first-order valence-electron chi connectivity index (χ1n) is 5.71. The lowest BCUT2D eigenvalue weighted by molar-refractivity contribution is -0.125. The van der Waals surface area contributed by atoms with Gasteiger partial charge in [0.05, 0.1) is 0 Å². The summed E-state index contributed by atoms with van der Waals surface area (Å²) >= 11 is 0. The number of ketones is 1. The van der Waals surface area contributed by atoms with Crippen LogP contribution in [-0.4, -0.2) is 5.78 Å². The molecule has 1 heteroatoms. The third-order valence-corrected chi connectivity index (χ3v) is 3.48. The van der Waals surface area contributed by atoms with Gasteiger partial charge in [-0.25, -0.2) is 0 Å². The maximum Gasteiger partial charge on any atom is 0.136 e. The summed E-state index contributed by atoms with van der Waals surface area (Å²) in [6.07, 6.45) is 8.15. The fourth-order valence-electron chi connectivity index (χ4n) is 2.52. The monoisotopic (exact) mass is 194 g/mol. The standard InChI is InChI=1S/C13H22O/c1-4-5-6-9-12(14)11-8-7-10-13(11,2)3/h4,11H,1,5-10H2,2-3H3. The zero-order valence-corrected chi connectivity index (χ0v) is 9.51. The Balaban J connectivity index is 2.40. The molecule has 1 nitrogen and oxygen atoms in total. The molecular formula is C13H22O. The van der Waals surface area contributed by atoms with Crippen LogP contribution in [0.1, 0.15) is 52.4 Å². The summed E-state index contributed by atoms with van der Waals surface area (Å²) in [5.74, 6) is 0.807. The first-order chi connectivity index (χ1) is 6.58. The van der Waals surface area contributed by atoms with Crippen molar-refractivity contribution in [2.75, 3.05) is 0 Å². The molecule has 80 valence electrons. The number of hydrogen-bond acceptors (Lipinski definition) is 1. The molecular weight excluding hydrogens is 172 g/mol. The highest BCUT2D eigenvalue weighted by Gasteiger charge is 2.38. The van der Waals surface area contributed by atoms with E-state index >= 15 is 0 Å². The second-order valence-electron chi connectivity index (χ2n) is 5.08. The molecule has 0 heterocycles. The molecule has 0 amide bonds. The summed E-state index contributed by atoms with van der Waals surface area (Å²) in [5.41, 5.74) is 0.255. The van der Waals surface area contributed by atoms with Gasteiger partial charge in [0.2, 0.25) is 0 Å². The molecule has 0 radical (unpaired) electrons. The van der Waals surface area contributed by atoms with Crippen LogP contribution < -0.4 is 0 Å².